The van der Waals surface area contributed by atoms with Crippen LogP contribution in [0.25, 0.3) is 0 Å². The zero-order chi connectivity index (χ0) is 5.70. The van der Waals surface area contributed by atoms with Gasteiger partial charge in [-0.25, -0.2) is 4.58 Å². The van der Waals surface area contributed by atoms with E-state index in [1.165, 1.54) is 0 Å². The highest BCUT2D eigenvalue weighted by atomic mass is 35.5. The molecule has 0 saturated heterocycles. The van der Waals surface area contributed by atoms with Crippen molar-refractivity contribution in [3.8, 4) is 0 Å². The highest BCUT2D eigenvalue weighted by molar-refractivity contribution is 5.85. The monoisotopic (exact) mass is 135 g/mol. The highest BCUT2D eigenvalue weighted by Crippen LogP contribution is 1.56. The Morgan fingerprint density at radius 2 is 2.00 bits per heavy atom. The molecule has 0 fully saturated rings. The van der Waals surface area contributed by atoms with Crippen LogP contribution in [0, 0.1) is 0 Å². The van der Waals surface area contributed by atoms with Crippen molar-refractivity contribution < 1.29 is 4.58 Å². The molecule has 0 aliphatic carbocycles. The van der Waals surface area contributed by atoms with Crippen LogP contribution in [0.4, 0.5) is 0 Å². The van der Waals surface area contributed by atoms with Crippen molar-refractivity contribution in [2.75, 3.05) is 20.6 Å². The molecule has 3 heteroatoms. The molecule has 8 heavy (non-hydrogen) atoms. The maximum absolute atomic E-state index is 3.85. The maximum Gasteiger partial charge on any atom is 0.305 e. The second-order valence-corrected chi connectivity index (χ2v) is 1.47. The molecule has 0 spiro atoms. The van der Waals surface area contributed by atoms with E-state index in [1.807, 2.05) is 21.0 Å². The van der Waals surface area contributed by atoms with E-state index < -0.39 is 0 Å². The number of hydrogen-bond donors (Lipinski definition) is 0. The molecule has 2 nitrogen and oxygen atoms in total. The summed E-state index contributed by atoms with van der Waals surface area (Å²) in [5.74, 6) is 0. The van der Waals surface area contributed by atoms with E-state index >= 15 is 0 Å². The molecule has 0 bridgehead atoms. The normalized spacial score (nSPS) is 6.38. The molecule has 0 amide bonds. The lowest BCUT2D eigenvalue weighted by molar-refractivity contribution is -0.457. The number of nitrogens with zero attached hydrogens (tertiary/aromatic N) is 2. The first-order valence-corrected chi connectivity index (χ1v) is 2.36. The summed E-state index contributed by atoms with van der Waals surface area (Å²) >= 11 is 0. The number of hydrogen-bond acceptors (Lipinski definition) is 1. The third-order valence-electron chi connectivity index (χ3n) is 0.429. The molecule has 0 aliphatic heterocycles. The van der Waals surface area contributed by atoms with Gasteiger partial charge in [-0.2, -0.15) is 0 Å². The van der Waals surface area contributed by atoms with Crippen LogP contribution in [0.1, 0.15) is 6.92 Å². The van der Waals surface area contributed by atoms with E-state index in [0.29, 0.717) is 0 Å². The van der Waals surface area contributed by atoms with E-state index in [2.05, 4.69) is 11.0 Å². The summed E-state index contributed by atoms with van der Waals surface area (Å²) in [5, 5.41) is 0. The van der Waals surface area contributed by atoms with E-state index in [4.69, 9.17) is 0 Å². The summed E-state index contributed by atoms with van der Waals surface area (Å²) < 4.78 is 1.80. The average Bonchev–Trinajstić information content (AvgIpc) is 1.61. The Kier molecular flexibility index (Phi) is 8.85. The van der Waals surface area contributed by atoms with Crippen LogP contribution in [-0.2, 0) is 0 Å². The Hall–Kier alpha value is -0.330. The fraction of sp³-hybridized carbons (Fsp3) is 0.800. The van der Waals surface area contributed by atoms with Crippen LogP contribution in [-0.4, -0.2) is 31.2 Å². The first-order valence-electron chi connectivity index (χ1n) is 2.36. The molecule has 0 aromatic heterocycles. The van der Waals surface area contributed by atoms with E-state index in [1.54, 1.807) is 4.58 Å². The summed E-state index contributed by atoms with van der Waals surface area (Å²) in [6, 6.07) is 2.75. The van der Waals surface area contributed by atoms with Gasteiger partial charge in [0, 0.05) is 0 Å². The van der Waals surface area contributed by atoms with Crippen LogP contribution in [0.3, 0.4) is 0 Å². The molecule has 0 aliphatic rings. The van der Waals surface area contributed by atoms with Crippen molar-refractivity contribution in [2.45, 2.75) is 6.92 Å². The van der Waals surface area contributed by atoms with E-state index in [9.17, 15) is 0 Å². The largest absolute Gasteiger partial charge is 0.305 e. The molecule has 48 valence electrons. The Bertz CT molecular complexity index is 99.0. The van der Waals surface area contributed by atoms with Crippen LogP contribution in [0.15, 0.2) is 4.99 Å². The molecule has 0 aromatic rings. The first kappa shape index (κ1) is 10.6. The van der Waals surface area contributed by atoms with Crippen LogP contribution in [0.5, 0.6) is 0 Å². The summed E-state index contributed by atoms with van der Waals surface area (Å²) in [5.41, 5.74) is 0. The third kappa shape index (κ3) is 9.18. The second-order valence-electron chi connectivity index (χ2n) is 1.47. The van der Waals surface area contributed by atoms with Gasteiger partial charge < -0.3 is 0 Å². The van der Waals surface area contributed by atoms with Gasteiger partial charge in [0.15, 0.2) is 0 Å². The Labute approximate surface area is 56.4 Å². The average molecular weight is 136 g/mol. The molecule has 0 heterocycles. The molecular formula is C5H12ClN2+. The fourth-order valence-corrected chi connectivity index (χ4v) is 0.212. The second kappa shape index (κ2) is 6.67. The van der Waals surface area contributed by atoms with Gasteiger partial charge in [0.1, 0.15) is 6.54 Å². The molecule has 0 saturated carbocycles. The third-order valence-corrected chi connectivity index (χ3v) is 0.429. The van der Waals surface area contributed by atoms with Crippen LogP contribution >= 0.6 is 12.4 Å². The standard InChI is InChI=1S/C5H11N2.ClH/c1-4-6-5-7(2)3;/h4H2,1-3H3;1H/q+1;. The van der Waals surface area contributed by atoms with Gasteiger partial charge >= 0.3 is 6.01 Å². The lowest BCUT2D eigenvalue weighted by Gasteiger charge is -1.70. The zero-order valence-electron chi connectivity index (χ0n) is 5.51. The summed E-state index contributed by atoms with van der Waals surface area (Å²) in [6.07, 6.45) is 0. The van der Waals surface area contributed by atoms with Crippen molar-refractivity contribution >= 4 is 18.4 Å². The smallest absolute Gasteiger partial charge is 0.225 e. The topological polar surface area (TPSA) is 15.4 Å². The van der Waals surface area contributed by atoms with Gasteiger partial charge in [-0.05, 0) is 11.9 Å². The predicted octanol–water partition coefficient (Wildman–Crippen LogP) is 0.874. The van der Waals surface area contributed by atoms with Crippen molar-refractivity contribution in [1.29, 1.82) is 0 Å². The number of aliphatic imine (C=N–C) groups is 1. The van der Waals surface area contributed by atoms with E-state index in [0.717, 1.165) is 6.54 Å². The minimum Gasteiger partial charge on any atom is -0.225 e. The Morgan fingerprint density at radius 3 is 2.12 bits per heavy atom. The maximum atomic E-state index is 3.85. The van der Waals surface area contributed by atoms with Crippen LogP contribution < -0.4 is 0 Å². The van der Waals surface area contributed by atoms with Gasteiger partial charge in [0.25, 0.3) is 0 Å². The SMILES string of the molecule is CCN=C=[N+](C)C.Cl. The van der Waals surface area contributed by atoms with Crippen molar-refractivity contribution in [3.05, 3.63) is 0 Å². The summed E-state index contributed by atoms with van der Waals surface area (Å²) in [6.45, 7) is 2.80. The molecule has 0 rings (SSSR count). The quantitative estimate of drug-likeness (QED) is 0.375. The fourth-order valence-electron chi connectivity index (χ4n) is 0.212. The number of halogens is 1. The molecule has 0 atom stereocenters. The Balaban J connectivity index is 0. The first-order chi connectivity index (χ1) is 3.27. The summed E-state index contributed by atoms with van der Waals surface area (Å²) in [7, 11) is 3.80. The molecule has 0 N–H and O–H groups in total. The lowest BCUT2D eigenvalue weighted by Crippen LogP contribution is -1.91. The van der Waals surface area contributed by atoms with Gasteiger partial charge in [-0.15, -0.1) is 12.4 Å². The lowest BCUT2D eigenvalue weighted by atomic mass is 10.8. The predicted molar refractivity (Wildman–Crippen MR) is 37.3 cm³/mol. The zero-order valence-corrected chi connectivity index (χ0v) is 6.33. The minimum absolute atomic E-state index is 0. The van der Waals surface area contributed by atoms with Crippen molar-refractivity contribution in [1.82, 2.24) is 0 Å². The van der Waals surface area contributed by atoms with Gasteiger partial charge in [0.05, 0.1) is 14.1 Å². The van der Waals surface area contributed by atoms with Crippen LogP contribution in [0.2, 0.25) is 0 Å². The van der Waals surface area contributed by atoms with E-state index in [-0.39, 0.29) is 12.4 Å². The Morgan fingerprint density at radius 1 is 1.50 bits per heavy atom. The highest BCUT2D eigenvalue weighted by Gasteiger charge is 1.71. The van der Waals surface area contributed by atoms with Crippen molar-refractivity contribution in [3.63, 3.8) is 0 Å². The van der Waals surface area contributed by atoms with Gasteiger partial charge in [0.2, 0.25) is 0 Å². The minimum atomic E-state index is 0. The number of rotatable bonds is 1. The van der Waals surface area contributed by atoms with Crippen molar-refractivity contribution in [2.24, 2.45) is 4.99 Å². The molecule has 0 radical (unpaired) electrons. The summed E-state index contributed by atoms with van der Waals surface area (Å²) in [4.78, 5) is 3.85. The van der Waals surface area contributed by atoms with Gasteiger partial charge in [-0.3, -0.25) is 0 Å². The molecular weight excluding hydrogens is 124 g/mol. The van der Waals surface area contributed by atoms with Gasteiger partial charge in [-0.1, -0.05) is 0 Å². The molecule has 0 unspecified atom stereocenters. The molecule has 0 aromatic carbocycles.